The first-order chi connectivity index (χ1) is 9.09. The van der Waals surface area contributed by atoms with Crippen LogP contribution in [0.3, 0.4) is 0 Å². The second-order valence-corrected chi connectivity index (χ2v) is 5.11. The van der Waals surface area contributed by atoms with E-state index >= 15 is 0 Å². The van der Waals surface area contributed by atoms with Crippen LogP contribution in [0.2, 0.25) is 10.0 Å². The van der Waals surface area contributed by atoms with Crippen LogP contribution in [0, 0.1) is 0 Å². The van der Waals surface area contributed by atoms with Gasteiger partial charge in [0.15, 0.2) is 0 Å². The first-order valence-electron chi connectivity index (χ1n) is 6.00. The van der Waals surface area contributed by atoms with Crippen LogP contribution in [0.4, 0.5) is 0 Å². The van der Waals surface area contributed by atoms with E-state index in [1.54, 1.807) is 6.07 Å². The van der Waals surface area contributed by atoms with Crippen molar-refractivity contribution in [3.63, 3.8) is 0 Å². The Hall–Kier alpha value is -1.22. The molecule has 0 fully saturated rings. The highest BCUT2D eigenvalue weighted by Gasteiger charge is 2.09. The summed E-state index contributed by atoms with van der Waals surface area (Å²) >= 11 is 12.1. The molecule has 0 amide bonds. The van der Waals surface area contributed by atoms with Crippen molar-refractivity contribution in [3.05, 3.63) is 63.6 Å². The molecule has 2 rings (SSSR count). The molecule has 0 bridgehead atoms. The molecule has 0 aliphatic rings. The lowest BCUT2D eigenvalue weighted by molar-refractivity contribution is 0.301. The summed E-state index contributed by atoms with van der Waals surface area (Å²) in [6, 6.07) is 13.1. The third kappa shape index (κ3) is 3.41. The van der Waals surface area contributed by atoms with Gasteiger partial charge in [-0.1, -0.05) is 53.5 Å². The van der Waals surface area contributed by atoms with Crippen LogP contribution in [0.1, 0.15) is 24.1 Å². The molecule has 100 valence electrons. The molecule has 0 aromatic heterocycles. The van der Waals surface area contributed by atoms with Crippen molar-refractivity contribution in [2.75, 3.05) is 0 Å². The third-order valence-corrected chi connectivity index (χ3v) is 3.68. The lowest BCUT2D eigenvalue weighted by atomic mass is 10.1. The quantitative estimate of drug-likeness (QED) is 0.895. The molecule has 2 aromatic rings. The van der Waals surface area contributed by atoms with Gasteiger partial charge in [0.25, 0.3) is 0 Å². The van der Waals surface area contributed by atoms with Gasteiger partial charge in [-0.2, -0.15) is 0 Å². The van der Waals surface area contributed by atoms with Crippen LogP contribution in [-0.2, 0) is 6.61 Å². The largest absolute Gasteiger partial charge is 0.489 e. The fourth-order valence-corrected chi connectivity index (χ4v) is 2.18. The summed E-state index contributed by atoms with van der Waals surface area (Å²) in [6.07, 6.45) is 0. The lowest BCUT2D eigenvalue weighted by Gasteiger charge is -2.14. The average molecular weight is 296 g/mol. The molecule has 2 aromatic carbocycles. The molecule has 0 saturated carbocycles. The van der Waals surface area contributed by atoms with E-state index in [0.717, 1.165) is 16.9 Å². The second kappa shape index (κ2) is 6.29. The molecule has 0 aliphatic carbocycles. The maximum absolute atomic E-state index is 6.13. The van der Waals surface area contributed by atoms with E-state index in [-0.39, 0.29) is 6.04 Å². The number of para-hydroxylation sites is 1. The summed E-state index contributed by atoms with van der Waals surface area (Å²) in [6.45, 7) is 2.29. The lowest BCUT2D eigenvalue weighted by Crippen LogP contribution is -2.08. The van der Waals surface area contributed by atoms with Gasteiger partial charge < -0.3 is 10.5 Å². The van der Waals surface area contributed by atoms with Crippen LogP contribution in [0.25, 0.3) is 0 Å². The van der Waals surface area contributed by atoms with Crippen molar-refractivity contribution in [2.24, 2.45) is 5.73 Å². The van der Waals surface area contributed by atoms with Crippen molar-refractivity contribution < 1.29 is 4.74 Å². The number of rotatable bonds is 4. The number of hydrogen-bond donors (Lipinski definition) is 1. The molecule has 0 unspecified atom stereocenters. The fraction of sp³-hybridized carbons (Fsp3) is 0.200. The highest BCUT2D eigenvalue weighted by atomic mass is 35.5. The summed E-state index contributed by atoms with van der Waals surface area (Å²) in [7, 11) is 0. The smallest absolute Gasteiger partial charge is 0.124 e. The molecule has 0 radical (unpaired) electrons. The Labute approximate surface area is 123 Å². The fourth-order valence-electron chi connectivity index (χ4n) is 1.80. The van der Waals surface area contributed by atoms with Gasteiger partial charge in [0.05, 0.1) is 10.0 Å². The van der Waals surface area contributed by atoms with Crippen LogP contribution in [0.15, 0.2) is 42.5 Å². The number of halogens is 2. The predicted molar refractivity (Wildman–Crippen MR) is 79.8 cm³/mol. The molecule has 1 atom stereocenters. The number of ether oxygens (including phenoxy) is 1. The standard InChI is InChI=1S/C15H15Cl2NO/c1-10(18)12-6-2-3-8-14(12)19-9-11-5-4-7-13(16)15(11)17/h2-8,10H,9,18H2,1H3/t10-/m0/s1. The normalized spacial score (nSPS) is 12.2. The van der Waals surface area contributed by atoms with Gasteiger partial charge >= 0.3 is 0 Å². The summed E-state index contributed by atoms with van der Waals surface area (Å²) in [5.74, 6) is 0.772. The summed E-state index contributed by atoms with van der Waals surface area (Å²) in [5, 5.41) is 1.06. The Kier molecular flexibility index (Phi) is 4.70. The molecule has 2 N–H and O–H groups in total. The Morgan fingerprint density at radius 1 is 1.11 bits per heavy atom. The zero-order valence-corrected chi connectivity index (χ0v) is 12.1. The van der Waals surface area contributed by atoms with Crippen molar-refractivity contribution in [2.45, 2.75) is 19.6 Å². The van der Waals surface area contributed by atoms with E-state index in [4.69, 9.17) is 33.7 Å². The number of hydrogen-bond acceptors (Lipinski definition) is 2. The van der Waals surface area contributed by atoms with E-state index < -0.39 is 0 Å². The Balaban J connectivity index is 2.17. The van der Waals surface area contributed by atoms with Gasteiger partial charge in [0.2, 0.25) is 0 Å². The Morgan fingerprint density at radius 3 is 2.58 bits per heavy atom. The van der Waals surface area contributed by atoms with Crippen molar-refractivity contribution in [3.8, 4) is 5.75 Å². The van der Waals surface area contributed by atoms with Crippen LogP contribution < -0.4 is 10.5 Å². The van der Waals surface area contributed by atoms with Gasteiger partial charge in [-0.05, 0) is 19.1 Å². The minimum absolute atomic E-state index is 0.0777. The van der Waals surface area contributed by atoms with Crippen molar-refractivity contribution in [1.29, 1.82) is 0 Å². The Morgan fingerprint density at radius 2 is 1.84 bits per heavy atom. The summed E-state index contributed by atoms with van der Waals surface area (Å²) < 4.78 is 5.80. The molecule has 2 nitrogen and oxygen atoms in total. The van der Waals surface area contributed by atoms with Gasteiger partial charge in [-0.15, -0.1) is 0 Å². The van der Waals surface area contributed by atoms with E-state index in [0.29, 0.717) is 16.7 Å². The minimum atomic E-state index is -0.0777. The zero-order valence-electron chi connectivity index (χ0n) is 10.6. The SMILES string of the molecule is C[C@H](N)c1ccccc1OCc1cccc(Cl)c1Cl. The number of benzene rings is 2. The first-order valence-corrected chi connectivity index (χ1v) is 6.75. The number of nitrogens with two attached hydrogens (primary N) is 1. The second-order valence-electron chi connectivity index (χ2n) is 4.33. The van der Waals surface area contributed by atoms with E-state index in [2.05, 4.69) is 0 Å². The summed E-state index contributed by atoms with van der Waals surface area (Å²) in [5.41, 5.74) is 7.74. The molecule has 0 spiro atoms. The maximum Gasteiger partial charge on any atom is 0.124 e. The summed E-state index contributed by atoms with van der Waals surface area (Å²) in [4.78, 5) is 0. The van der Waals surface area contributed by atoms with Gasteiger partial charge in [0, 0.05) is 17.2 Å². The van der Waals surface area contributed by atoms with E-state index in [1.807, 2.05) is 43.3 Å². The van der Waals surface area contributed by atoms with Gasteiger partial charge in [0.1, 0.15) is 12.4 Å². The molecule has 0 heterocycles. The highest BCUT2D eigenvalue weighted by Crippen LogP contribution is 2.28. The van der Waals surface area contributed by atoms with Crippen LogP contribution >= 0.6 is 23.2 Å². The predicted octanol–water partition coefficient (Wildman–Crippen LogP) is 4.59. The van der Waals surface area contributed by atoms with Crippen LogP contribution in [-0.4, -0.2) is 0 Å². The van der Waals surface area contributed by atoms with Crippen molar-refractivity contribution >= 4 is 23.2 Å². The Bertz CT molecular complexity index is 570. The van der Waals surface area contributed by atoms with E-state index in [1.165, 1.54) is 0 Å². The first kappa shape index (κ1) is 14.2. The third-order valence-electron chi connectivity index (χ3n) is 2.82. The molecule has 0 saturated heterocycles. The highest BCUT2D eigenvalue weighted by molar-refractivity contribution is 6.42. The van der Waals surface area contributed by atoms with Gasteiger partial charge in [-0.25, -0.2) is 0 Å². The van der Waals surface area contributed by atoms with E-state index in [9.17, 15) is 0 Å². The average Bonchev–Trinajstić information content (AvgIpc) is 2.40. The zero-order chi connectivity index (χ0) is 13.8. The van der Waals surface area contributed by atoms with Crippen LogP contribution in [0.5, 0.6) is 5.75 Å². The monoisotopic (exact) mass is 295 g/mol. The molecular weight excluding hydrogens is 281 g/mol. The maximum atomic E-state index is 6.13. The molecule has 19 heavy (non-hydrogen) atoms. The van der Waals surface area contributed by atoms with Crippen molar-refractivity contribution in [1.82, 2.24) is 0 Å². The topological polar surface area (TPSA) is 35.2 Å². The molecule has 4 heteroatoms. The molecule has 0 aliphatic heterocycles. The van der Waals surface area contributed by atoms with Gasteiger partial charge in [-0.3, -0.25) is 0 Å². The minimum Gasteiger partial charge on any atom is -0.489 e. The molecular formula is C15H15Cl2NO.